The average Bonchev–Trinajstić information content (AvgIpc) is 3.03. The highest BCUT2D eigenvalue weighted by Crippen LogP contribution is 2.20. The lowest BCUT2D eigenvalue weighted by molar-refractivity contribution is 0.0178. The van der Waals surface area contributed by atoms with Crippen molar-refractivity contribution in [1.29, 1.82) is 0 Å². The van der Waals surface area contributed by atoms with E-state index in [2.05, 4.69) is 31.2 Å². The summed E-state index contributed by atoms with van der Waals surface area (Å²) >= 11 is 0. The Bertz CT molecular complexity index is 392. The van der Waals surface area contributed by atoms with Crippen LogP contribution >= 0.6 is 0 Å². The molecule has 0 aliphatic carbocycles. The van der Waals surface area contributed by atoms with Crippen LogP contribution in [0, 0.1) is 0 Å². The van der Waals surface area contributed by atoms with E-state index < -0.39 is 0 Å². The molecule has 1 aromatic rings. The Balaban J connectivity index is 1.67. The predicted molar refractivity (Wildman–Crippen MR) is 79.0 cm³/mol. The molecule has 2 rings (SSSR count). The summed E-state index contributed by atoms with van der Waals surface area (Å²) in [4.78, 5) is 0. The molecule has 20 heavy (non-hydrogen) atoms. The fourth-order valence-corrected chi connectivity index (χ4v) is 2.38. The lowest BCUT2D eigenvalue weighted by atomic mass is 10.2. The van der Waals surface area contributed by atoms with Crippen LogP contribution in [0.15, 0.2) is 12.4 Å². The summed E-state index contributed by atoms with van der Waals surface area (Å²) in [5, 5.41) is 7.68. The van der Waals surface area contributed by atoms with Crippen LogP contribution in [-0.4, -0.2) is 41.2 Å². The number of ether oxygens (including phenoxy) is 2. The van der Waals surface area contributed by atoms with Gasteiger partial charge in [-0.1, -0.05) is 20.8 Å². The zero-order chi connectivity index (χ0) is 14.4. The highest BCUT2D eigenvalue weighted by molar-refractivity contribution is 5.11. The number of hydrogen-bond donors (Lipinski definition) is 1. The fraction of sp³-hybridized carbons (Fsp3) is 0.800. The van der Waals surface area contributed by atoms with E-state index in [0.29, 0.717) is 18.8 Å². The lowest BCUT2D eigenvalue weighted by Gasteiger charge is -2.16. The Labute approximate surface area is 121 Å². The minimum absolute atomic E-state index is 0.212. The van der Waals surface area contributed by atoms with E-state index in [1.54, 1.807) is 6.20 Å². The molecule has 0 aromatic carbocycles. The molecule has 1 saturated heterocycles. The van der Waals surface area contributed by atoms with Crippen molar-refractivity contribution in [2.24, 2.45) is 0 Å². The topological polar surface area (TPSA) is 48.3 Å². The van der Waals surface area contributed by atoms with Crippen molar-refractivity contribution < 1.29 is 9.47 Å². The number of rotatable bonds is 8. The van der Waals surface area contributed by atoms with Gasteiger partial charge in [0.1, 0.15) is 6.61 Å². The van der Waals surface area contributed by atoms with Crippen LogP contribution in [0.5, 0.6) is 5.75 Å². The second kappa shape index (κ2) is 7.64. The molecule has 1 aliphatic rings. The number of aromatic nitrogens is 2. The number of aryl methyl sites for hydroxylation is 1. The Morgan fingerprint density at radius 1 is 1.45 bits per heavy atom. The van der Waals surface area contributed by atoms with Crippen molar-refractivity contribution in [2.75, 3.05) is 13.2 Å². The molecule has 1 N–H and O–H groups in total. The second-order valence-electron chi connectivity index (χ2n) is 5.77. The zero-order valence-corrected chi connectivity index (χ0v) is 12.8. The van der Waals surface area contributed by atoms with E-state index in [1.165, 1.54) is 0 Å². The number of nitrogens with zero attached hydrogens (tertiary/aromatic N) is 2. The quantitative estimate of drug-likeness (QED) is 0.794. The Kier molecular flexibility index (Phi) is 5.86. The van der Waals surface area contributed by atoms with Crippen LogP contribution < -0.4 is 10.1 Å². The third-order valence-electron chi connectivity index (χ3n) is 3.45. The highest BCUT2D eigenvalue weighted by atomic mass is 16.5. The standard InChI is InChI=1S/C15H27N3O2/c1-4-7-18-10-15(9-17-18)19-11-14-6-5-13(20-14)8-16-12(2)3/h9-10,12-14,16H,4-8,11H2,1-3H3. The van der Waals surface area contributed by atoms with Gasteiger partial charge in [-0.3, -0.25) is 4.68 Å². The molecule has 1 fully saturated rings. The van der Waals surface area contributed by atoms with Gasteiger partial charge >= 0.3 is 0 Å². The van der Waals surface area contributed by atoms with Gasteiger partial charge < -0.3 is 14.8 Å². The van der Waals surface area contributed by atoms with Crippen molar-refractivity contribution in [1.82, 2.24) is 15.1 Å². The summed E-state index contributed by atoms with van der Waals surface area (Å²) in [6.07, 6.45) is 7.55. The summed E-state index contributed by atoms with van der Waals surface area (Å²) in [5.74, 6) is 0.839. The first-order chi connectivity index (χ1) is 9.67. The molecule has 0 spiro atoms. The van der Waals surface area contributed by atoms with Crippen LogP contribution in [0.1, 0.15) is 40.0 Å². The second-order valence-corrected chi connectivity index (χ2v) is 5.77. The van der Waals surface area contributed by atoms with Crippen LogP contribution in [0.2, 0.25) is 0 Å². The van der Waals surface area contributed by atoms with E-state index in [0.717, 1.165) is 38.1 Å². The minimum Gasteiger partial charge on any atom is -0.488 e. The predicted octanol–water partition coefficient (Wildman–Crippen LogP) is 2.22. The fourth-order valence-electron chi connectivity index (χ4n) is 2.38. The molecule has 2 heterocycles. The Morgan fingerprint density at radius 2 is 2.25 bits per heavy atom. The van der Waals surface area contributed by atoms with Crippen LogP contribution in [0.25, 0.3) is 0 Å². The van der Waals surface area contributed by atoms with Gasteiger partial charge in [0.2, 0.25) is 0 Å². The van der Waals surface area contributed by atoms with E-state index in [9.17, 15) is 0 Å². The first-order valence-electron chi connectivity index (χ1n) is 7.71. The Hall–Kier alpha value is -1.07. The molecule has 0 radical (unpaired) electrons. The summed E-state index contributed by atoms with van der Waals surface area (Å²) in [6.45, 7) is 8.94. The average molecular weight is 281 g/mol. The minimum atomic E-state index is 0.212. The third-order valence-corrected chi connectivity index (χ3v) is 3.45. The molecule has 0 saturated carbocycles. The van der Waals surface area contributed by atoms with Crippen LogP contribution in [0.4, 0.5) is 0 Å². The van der Waals surface area contributed by atoms with Gasteiger partial charge in [-0.15, -0.1) is 0 Å². The van der Waals surface area contributed by atoms with Crippen LogP contribution in [-0.2, 0) is 11.3 Å². The van der Waals surface area contributed by atoms with Gasteiger partial charge in [0, 0.05) is 19.1 Å². The van der Waals surface area contributed by atoms with Crippen molar-refractivity contribution in [3.63, 3.8) is 0 Å². The molecule has 0 bridgehead atoms. The van der Waals surface area contributed by atoms with Gasteiger partial charge in [0.15, 0.2) is 5.75 Å². The maximum absolute atomic E-state index is 5.97. The summed E-state index contributed by atoms with van der Waals surface area (Å²) in [6, 6.07) is 0.512. The van der Waals surface area contributed by atoms with E-state index in [1.807, 2.05) is 10.9 Å². The van der Waals surface area contributed by atoms with Crippen LogP contribution in [0.3, 0.4) is 0 Å². The maximum atomic E-state index is 5.97. The summed E-state index contributed by atoms with van der Waals surface area (Å²) in [7, 11) is 0. The normalized spacial score (nSPS) is 22.6. The lowest BCUT2D eigenvalue weighted by Crippen LogP contribution is -2.32. The van der Waals surface area contributed by atoms with Crippen molar-refractivity contribution in [3.8, 4) is 5.75 Å². The largest absolute Gasteiger partial charge is 0.488 e. The summed E-state index contributed by atoms with van der Waals surface area (Å²) in [5.41, 5.74) is 0. The molecule has 0 amide bonds. The molecule has 2 unspecified atom stereocenters. The molecular formula is C15H27N3O2. The zero-order valence-electron chi connectivity index (χ0n) is 12.8. The van der Waals surface area contributed by atoms with Crippen molar-refractivity contribution in [3.05, 3.63) is 12.4 Å². The Morgan fingerprint density at radius 3 is 3.00 bits per heavy atom. The number of hydrogen-bond acceptors (Lipinski definition) is 4. The van der Waals surface area contributed by atoms with Crippen molar-refractivity contribution in [2.45, 2.75) is 64.8 Å². The summed E-state index contributed by atoms with van der Waals surface area (Å²) < 4.78 is 13.7. The molecule has 114 valence electrons. The first kappa shape index (κ1) is 15.3. The highest BCUT2D eigenvalue weighted by Gasteiger charge is 2.25. The van der Waals surface area contributed by atoms with E-state index >= 15 is 0 Å². The van der Waals surface area contributed by atoms with E-state index in [-0.39, 0.29) is 6.10 Å². The van der Waals surface area contributed by atoms with Gasteiger partial charge in [-0.05, 0) is 19.3 Å². The molecule has 1 aromatic heterocycles. The monoisotopic (exact) mass is 281 g/mol. The van der Waals surface area contributed by atoms with Gasteiger partial charge in [0.05, 0.1) is 24.6 Å². The smallest absolute Gasteiger partial charge is 0.157 e. The molecular weight excluding hydrogens is 254 g/mol. The number of nitrogens with one attached hydrogen (secondary N) is 1. The van der Waals surface area contributed by atoms with Gasteiger partial charge in [0.25, 0.3) is 0 Å². The maximum Gasteiger partial charge on any atom is 0.157 e. The molecule has 2 atom stereocenters. The molecule has 5 nitrogen and oxygen atoms in total. The first-order valence-corrected chi connectivity index (χ1v) is 7.71. The molecule has 5 heteroatoms. The van der Waals surface area contributed by atoms with E-state index in [4.69, 9.17) is 9.47 Å². The van der Waals surface area contributed by atoms with Crippen molar-refractivity contribution >= 4 is 0 Å². The van der Waals surface area contributed by atoms with Gasteiger partial charge in [-0.2, -0.15) is 5.10 Å². The van der Waals surface area contributed by atoms with Gasteiger partial charge in [-0.25, -0.2) is 0 Å². The SMILES string of the molecule is CCCn1cc(OCC2CCC(CNC(C)C)O2)cn1. The molecule has 1 aliphatic heterocycles. The third kappa shape index (κ3) is 4.80.